The van der Waals surface area contributed by atoms with Crippen LogP contribution in [0.5, 0.6) is 5.75 Å². The molecule has 6 heteroatoms. The van der Waals surface area contributed by atoms with Gasteiger partial charge in [-0.1, -0.05) is 32.3 Å². The Morgan fingerprint density at radius 3 is 2.53 bits per heavy atom. The van der Waals surface area contributed by atoms with E-state index in [0.717, 1.165) is 37.7 Å². The Bertz CT molecular complexity index is 1220. The number of aromatic nitrogens is 1. The number of nitrogens with two attached hydrogens (primary N) is 1. The zero-order valence-electron chi connectivity index (χ0n) is 17.2. The van der Waals surface area contributed by atoms with Gasteiger partial charge in [-0.3, -0.25) is 9.59 Å². The molecule has 1 aliphatic rings. The van der Waals surface area contributed by atoms with Gasteiger partial charge in [-0.05, 0) is 48.9 Å². The normalized spacial score (nSPS) is 16.0. The third-order valence-corrected chi connectivity index (χ3v) is 6.36. The summed E-state index contributed by atoms with van der Waals surface area (Å²) in [7, 11) is 0. The molecule has 4 rings (SSSR count). The highest BCUT2D eigenvalue weighted by molar-refractivity contribution is 5.96. The van der Waals surface area contributed by atoms with Crippen molar-refractivity contribution in [3.63, 3.8) is 0 Å². The first kappa shape index (κ1) is 20.1. The van der Waals surface area contributed by atoms with Crippen LogP contribution in [0.1, 0.15) is 60.5 Å². The number of carbonyl (C=O) groups is 1. The van der Waals surface area contributed by atoms with E-state index in [2.05, 4.69) is 6.92 Å². The molecule has 3 aromatic rings. The van der Waals surface area contributed by atoms with Gasteiger partial charge >= 0.3 is 0 Å². The topological polar surface area (TPSA) is 85.3 Å². The number of benzene rings is 2. The summed E-state index contributed by atoms with van der Waals surface area (Å²) in [6.45, 7) is 3.92. The second-order valence-corrected chi connectivity index (χ2v) is 8.57. The van der Waals surface area contributed by atoms with Gasteiger partial charge < -0.3 is 15.4 Å². The maximum Gasteiger partial charge on any atom is 0.254 e. The van der Waals surface area contributed by atoms with Gasteiger partial charge in [0.05, 0.1) is 11.2 Å². The van der Waals surface area contributed by atoms with Crippen molar-refractivity contribution >= 4 is 16.8 Å². The van der Waals surface area contributed by atoms with Gasteiger partial charge in [-0.25, -0.2) is 4.39 Å². The van der Waals surface area contributed by atoms with Gasteiger partial charge in [0.15, 0.2) is 0 Å². The number of nitrogens with zero attached hydrogens (tertiary/aromatic N) is 1. The molecule has 156 valence electrons. The maximum absolute atomic E-state index is 15.4. The van der Waals surface area contributed by atoms with E-state index in [-0.39, 0.29) is 27.8 Å². The van der Waals surface area contributed by atoms with Crippen LogP contribution in [-0.4, -0.2) is 15.6 Å². The highest BCUT2D eigenvalue weighted by Gasteiger charge is 2.32. The Kier molecular flexibility index (Phi) is 4.88. The molecule has 5 nitrogen and oxygen atoms in total. The SMILES string of the molecule is Cc1ccc2c(=O)c(C(N)=O)cn(-c3cc(O)c(C4(C)CCCCC4)cc3F)c2c1. The van der Waals surface area contributed by atoms with Crippen LogP contribution in [-0.2, 0) is 5.41 Å². The number of hydrogen-bond donors (Lipinski definition) is 2. The number of rotatable bonds is 3. The average Bonchev–Trinajstić information content (AvgIpc) is 2.70. The Hall–Kier alpha value is -3.15. The van der Waals surface area contributed by atoms with Crippen LogP contribution in [0.15, 0.2) is 41.3 Å². The number of pyridine rings is 1. The molecule has 1 amide bonds. The highest BCUT2D eigenvalue weighted by atomic mass is 19.1. The molecule has 1 aromatic heterocycles. The van der Waals surface area contributed by atoms with Gasteiger partial charge in [-0.15, -0.1) is 0 Å². The van der Waals surface area contributed by atoms with E-state index < -0.39 is 17.2 Å². The molecule has 2 aromatic carbocycles. The number of fused-ring (bicyclic) bond motifs is 1. The first-order valence-corrected chi connectivity index (χ1v) is 10.2. The smallest absolute Gasteiger partial charge is 0.254 e. The van der Waals surface area contributed by atoms with E-state index >= 15 is 4.39 Å². The largest absolute Gasteiger partial charge is 0.508 e. The van der Waals surface area contributed by atoms with Crippen molar-refractivity contribution in [3.05, 3.63) is 69.3 Å². The minimum absolute atomic E-state index is 0.0101. The van der Waals surface area contributed by atoms with Crippen molar-refractivity contribution in [1.82, 2.24) is 4.57 Å². The number of halogens is 1. The third-order valence-electron chi connectivity index (χ3n) is 6.36. The quantitative estimate of drug-likeness (QED) is 0.671. The van der Waals surface area contributed by atoms with Crippen molar-refractivity contribution in [1.29, 1.82) is 0 Å². The lowest BCUT2D eigenvalue weighted by molar-refractivity contribution is 0.0999. The van der Waals surface area contributed by atoms with Gasteiger partial charge in [-0.2, -0.15) is 0 Å². The lowest BCUT2D eigenvalue weighted by Gasteiger charge is -2.34. The van der Waals surface area contributed by atoms with Crippen molar-refractivity contribution in [3.8, 4) is 11.4 Å². The van der Waals surface area contributed by atoms with Crippen molar-refractivity contribution < 1.29 is 14.3 Å². The molecule has 0 spiro atoms. The lowest BCUT2D eigenvalue weighted by atomic mass is 9.70. The summed E-state index contributed by atoms with van der Waals surface area (Å²) in [5.74, 6) is -1.40. The predicted molar refractivity (Wildman–Crippen MR) is 115 cm³/mol. The number of hydrogen-bond acceptors (Lipinski definition) is 3. The van der Waals surface area contributed by atoms with Crippen LogP contribution in [0, 0.1) is 12.7 Å². The molecular formula is C24H25FN2O3. The number of carbonyl (C=O) groups excluding carboxylic acids is 1. The summed E-state index contributed by atoms with van der Waals surface area (Å²) in [6, 6.07) is 7.86. The van der Waals surface area contributed by atoms with Crippen LogP contribution in [0.3, 0.4) is 0 Å². The van der Waals surface area contributed by atoms with Gasteiger partial charge in [0.2, 0.25) is 5.43 Å². The first-order chi connectivity index (χ1) is 14.2. The zero-order valence-corrected chi connectivity index (χ0v) is 17.2. The number of amides is 1. The van der Waals surface area contributed by atoms with E-state index in [0.29, 0.717) is 11.1 Å². The van der Waals surface area contributed by atoms with Gasteiger partial charge in [0.25, 0.3) is 5.91 Å². The zero-order chi connectivity index (χ0) is 21.6. The predicted octanol–water partition coefficient (Wildman–Crippen LogP) is 4.46. The number of aryl methyl sites for hydroxylation is 1. The summed E-state index contributed by atoms with van der Waals surface area (Å²) in [6.07, 6.45) is 6.29. The molecule has 0 aliphatic heterocycles. The molecule has 0 radical (unpaired) electrons. The standard InChI is InChI=1S/C24H25FN2O3/c1-14-6-7-15-19(10-14)27(13-16(22(15)29)23(26)30)20-12-21(28)17(11-18(20)25)24(2)8-4-3-5-9-24/h6-7,10-13,28H,3-5,8-9H2,1-2H3,(H2,26,30). The number of aromatic hydroxyl groups is 1. The number of primary amides is 1. The van der Waals surface area contributed by atoms with Crippen LogP contribution in [0.25, 0.3) is 16.6 Å². The van der Waals surface area contributed by atoms with E-state index in [1.165, 1.54) is 22.9 Å². The van der Waals surface area contributed by atoms with Crippen molar-refractivity contribution in [2.75, 3.05) is 0 Å². The van der Waals surface area contributed by atoms with E-state index in [1.54, 1.807) is 18.2 Å². The van der Waals surface area contributed by atoms with Crippen molar-refractivity contribution in [2.45, 2.75) is 51.4 Å². The molecule has 1 fully saturated rings. The summed E-state index contributed by atoms with van der Waals surface area (Å²) in [5.41, 5.74) is 6.37. The summed E-state index contributed by atoms with van der Waals surface area (Å²) in [4.78, 5) is 24.5. The highest BCUT2D eigenvalue weighted by Crippen LogP contribution is 2.43. The molecule has 0 unspecified atom stereocenters. The molecule has 0 bridgehead atoms. The van der Waals surface area contributed by atoms with Crippen LogP contribution in [0.4, 0.5) is 4.39 Å². The van der Waals surface area contributed by atoms with E-state index in [9.17, 15) is 14.7 Å². The van der Waals surface area contributed by atoms with Crippen molar-refractivity contribution in [2.24, 2.45) is 5.73 Å². The molecular weight excluding hydrogens is 383 g/mol. The monoisotopic (exact) mass is 408 g/mol. The van der Waals surface area contributed by atoms with Gasteiger partial charge in [0, 0.05) is 23.2 Å². The molecule has 30 heavy (non-hydrogen) atoms. The minimum Gasteiger partial charge on any atom is -0.508 e. The Labute approximate surface area is 174 Å². The first-order valence-electron chi connectivity index (χ1n) is 10.2. The van der Waals surface area contributed by atoms with Gasteiger partial charge in [0.1, 0.15) is 17.1 Å². The van der Waals surface area contributed by atoms with Crippen LogP contribution in [0.2, 0.25) is 0 Å². The van der Waals surface area contributed by atoms with Crippen LogP contribution < -0.4 is 11.2 Å². The fourth-order valence-electron chi connectivity index (χ4n) is 4.63. The number of phenolic OH excluding ortho intramolecular Hbond substituents is 1. The summed E-state index contributed by atoms with van der Waals surface area (Å²) < 4.78 is 16.8. The lowest BCUT2D eigenvalue weighted by Crippen LogP contribution is -2.26. The Morgan fingerprint density at radius 2 is 1.87 bits per heavy atom. The summed E-state index contributed by atoms with van der Waals surface area (Å²) >= 11 is 0. The molecule has 1 aliphatic carbocycles. The molecule has 0 saturated heterocycles. The second-order valence-electron chi connectivity index (χ2n) is 8.57. The fraction of sp³-hybridized carbons (Fsp3) is 0.333. The third kappa shape index (κ3) is 3.26. The van der Waals surface area contributed by atoms with E-state index in [4.69, 9.17) is 5.73 Å². The van der Waals surface area contributed by atoms with Crippen LogP contribution >= 0.6 is 0 Å². The Morgan fingerprint density at radius 1 is 1.17 bits per heavy atom. The average molecular weight is 408 g/mol. The Balaban J connectivity index is 1.98. The van der Waals surface area contributed by atoms with E-state index in [1.807, 2.05) is 6.92 Å². The molecule has 3 N–H and O–H groups in total. The second kappa shape index (κ2) is 7.27. The summed E-state index contributed by atoms with van der Waals surface area (Å²) in [5, 5.41) is 11.1. The molecule has 1 heterocycles. The number of phenols is 1. The molecule has 1 saturated carbocycles. The minimum atomic E-state index is -0.882. The fourth-order valence-corrected chi connectivity index (χ4v) is 4.63. The molecule has 0 atom stereocenters. The maximum atomic E-state index is 15.4.